The highest BCUT2D eigenvalue weighted by molar-refractivity contribution is 14.1. The topological polar surface area (TPSA) is 63.7 Å². The van der Waals surface area contributed by atoms with Crippen LogP contribution in [0.5, 0.6) is 0 Å². The van der Waals surface area contributed by atoms with Crippen molar-refractivity contribution in [3.8, 4) is 0 Å². The van der Waals surface area contributed by atoms with Gasteiger partial charge in [-0.25, -0.2) is 0 Å². The molecule has 0 aliphatic rings. The fraction of sp³-hybridized carbons (Fsp3) is 0.471. The van der Waals surface area contributed by atoms with Crippen molar-refractivity contribution in [2.24, 2.45) is 0 Å². The van der Waals surface area contributed by atoms with Gasteiger partial charge in [-0.3, -0.25) is 14.4 Å². The summed E-state index contributed by atoms with van der Waals surface area (Å²) in [6.45, 7) is -2.63. The molecule has 5 nitrogen and oxygen atoms in total. The van der Waals surface area contributed by atoms with E-state index >= 15 is 0 Å². The van der Waals surface area contributed by atoms with Gasteiger partial charge in [0.05, 0.1) is 30.6 Å². The van der Waals surface area contributed by atoms with Gasteiger partial charge in [0.1, 0.15) is 6.61 Å². The van der Waals surface area contributed by atoms with Gasteiger partial charge < -0.3 is 9.64 Å². The van der Waals surface area contributed by atoms with Gasteiger partial charge in [0.15, 0.2) is 0 Å². The third kappa shape index (κ3) is 6.64. The van der Waals surface area contributed by atoms with E-state index in [0.29, 0.717) is 0 Å². The van der Waals surface area contributed by atoms with Crippen LogP contribution in [-0.2, 0) is 9.53 Å². The molecule has 19 heteroatoms. The van der Waals surface area contributed by atoms with Gasteiger partial charge in [-0.05, 0) is 91.0 Å². The Morgan fingerprint density at radius 1 is 0.806 bits per heavy atom. The van der Waals surface area contributed by atoms with Crippen molar-refractivity contribution in [1.29, 1.82) is 0 Å². The number of carbonyl (C=O) groups is 3. The van der Waals surface area contributed by atoms with E-state index in [1.165, 1.54) is 0 Å². The predicted octanol–water partition coefficient (Wildman–Crippen LogP) is 7.10. The van der Waals surface area contributed by atoms with Crippen LogP contribution >= 0.6 is 91.0 Å². The lowest BCUT2D eigenvalue weighted by molar-refractivity contribution is -0.397. The first-order valence-electron chi connectivity index (χ1n) is 8.69. The molecule has 0 saturated carbocycles. The predicted molar refractivity (Wildman–Crippen MR) is 135 cm³/mol. The van der Waals surface area contributed by atoms with Gasteiger partial charge >= 0.3 is 23.9 Å². The minimum atomic E-state index is -7.03. The molecule has 1 rings (SSSR count). The van der Waals surface area contributed by atoms with Gasteiger partial charge in [0.25, 0.3) is 16.4 Å². The highest BCUT2D eigenvalue weighted by Crippen LogP contribution is 2.54. The molecular formula is C17H9Cl2F9I3NO4. The zero-order chi connectivity index (χ0) is 28.6. The summed E-state index contributed by atoms with van der Waals surface area (Å²) in [4.78, 5) is 37.0. The first-order chi connectivity index (χ1) is 16.0. The maximum absolute atomic E-state index is 13.6. The fourth-order valence-electron chi connectivity index (χ4n) is 2.44. The SMILES string of the molecule is CN(C(=O)COCCC(F)(F)C(F)(F)C(F)(F)C(F)(F)F)c1c(I)c(C(=O)Cl)c(I)c(C(=O)Cl)c1I. The molecule has 1 amide bonds. The van der Waals surface area contributed by atoms with Crippen molar-refractivity contribution in [1.82, 2.24) is 0 Å². The normalized spacial score (nSPS) is 13.1. The Hall–Kier alpha value is 0.130. The van der Waals surface area contributed by atoms with E-state index in [1.807, 2.05) is 0 Å². The number of likely N-dealkylation sites (N-methyl/N-ethyl adjacent to an activating group) is 1. The van der Waals surface area contributed by atoms with Gasteiger partial charge in [0, 0.05) is 17.0 Å². The number of hydrogen-bond acceptors (Lipinski definition) is 4. The van der Waals surface area contributed by atoms with Crippen molar-refractivity contribution < 1.29 is 58.6 Å². The molecule has 0 unspecified atom stereocenters. The number of benzene rings is 1. The van der Waals surface area contributed by atoms with Crippen LogP contribution in [0.2, 0.25) is 0 Å². The monoisotopic (exact) mass is 913 g/mol. The number of carbonyl (C=O) groups excluding carboxylic acids is 3. The molecule has 1 aromatic carbocycles. The Morgan fingerprint density at radius 2 is 1.22 bits per heavy atom. The third-order valence-corrected chi connectivity index (χ3v) is 7.95. The van der Waals surface area contributed by atoms with Crippen molar-refractivity contribution in [2.75, 3.05) is 25.2 Å². The largest absolute Gasteiger partial charge is 0.460 e. The Kier molecular flexibility index (Phi) is 11.5. The van der Waals surface area contributed by atoms with E-state index in [9.17, 15) is 53.9 Å². The van der Waals surface area contributed by atoms with Gasteiger partial charge in [-0.2, -0.15) is 39.5 Å². The highest BCUT2D eigenvalue weighted by Gasteiger charge is 2.81. The summed E-state index contributed by atoms with van der Waals surface area (Å²) in [5, 5.41) is -2.03. The first kappa shape index (κ1) is 34.2. The summed E-state index contributed by atoms with van der Waals surface area (Å²) in [5.74, 6) is -20.8. The standard InChI is InChI=1S/C17H9Cl2F9I3NO4/c1-32(11-9(30)6(12(18)34)8(29)7(10(11)31)13(19)35)5(33)4-36-3-2-14(20,21)15(22,23)16(24,25)17(26,27)28/h2-4H2,1H3. The number of amides is 1. The van der Waals surface area contributed by atoms with Gasteiger partial charge in [-0.1, -0.05) is 0 Å². The smallest absolute Gasteiger partial charge is 0.371 e. The molecular weight excluding hydrogens is 905 g/mol. The van der Waals surface area contributed by atoms with E-state index in [0.717, 1.165) is 11.9 Å². The van der Waals surface area contributed by atoms with Crippen LogP contribution in [0.3, 0.4) is 0 Å². The molecule has 0 spiro atoms. The second-order valence-corrected chi connectivity index (χ2v) is 10.6. The Labute approximate surface area is 247 Å². The summed E-state index contributed by atoms with van der Waals surface area (Å²) in [6, 6.07) is 0. The zero-order valence-electron chi connectivity index (χ0n) is 17.0. The van der Waals surface area contributed by atoms with Crippen LogP contribution in [0.1, 0.15) is 27.1 Å². The van der Waals surface area contributed by atoms with Gasteiger partial charge in [0.2, 0.25) is 0 Å². The van der Waals surface area contributed by atoms with E-state index in [2.05, 4.69) is 4.74 Å². The van der Waals surface area contributed by atoms with Crippen LogP contribution in [0.15, 0.2) is 0 Å². The minimum Gasteiger partial charge on any atom is -0.371 e. The molecule has 0 aliphatic carbocycles. The quantitative estimate of drug-likeness (QED) is 0.109. The number of anilines is 1. The zero-order valence-corrected chi connectivity index (χ0v) is 25.0. The van der Waals surface area contributed by atoms with Crippen LogP contribution in [0, 0.1) is 10.7 Å². The Bertz CT molecular complexity index is 1030. The molecule has 36 heavy (non-hydrogen) atoms. The highest BCUT2D eigenvalue weighted by atomic mass is 127. The fourth-order valence-corrected chi connectivity index (χ4v) is 8.32. The molecule has 0 aromatic heterocycles. The van der Waals surface area contributed by atoms with E-state index in [4.69, 9.17) is 23.2 Å². The van der Waals surface area contributed by atoms with Crippen molar-refractivity contribution >= 4 is 113 Å². The Balaban J connectivity index is 3.09. The molecule has 1 aromatic rings. The van der Waals surface area contributed by atoms with Gasteiger partial charge in [-0.15, -0.1) is 0 Å². The van der Waals surface area contributed by atoms with E-state index in [-0.39, 0.29) is 27.5 Å². The maximum atomic E-state index is 13.6. The lowest BCUT2D eigenvalue weighted by Crippen LogP contribution is -2.61. The first-order valence-corrected chi connectivity index (χ1v) is 12.7. The number of ether oxygens (including phenoxy) is 1. The van der Waals surface area contributed by atoms with E-state index in [1.54, 1.807) is 67.8 Å². The molecule has 0 saturated heterocycles. The molecule has 204 valence electrons. The van der Waals surface area contributed by atoms with Crippen molar-refractivity contribution in [3.63, 3.8) is 0 Å². The Morgan fingerprint density at radius 3 is 1.58 bits per heavy atom. The number of alkyl halides is 9. The number of hydrogen-bond donors (Lipinski definition) is 0. The van der Waals surface area contributed by atoms with Crippen LogP contribution in [0.25, 0.3) is 0 Å². The molecule has 0 radical (unpaired) electrons. The maximum Gasteiger partial charge on any atom is 0.460 e. The summed E-state index contributed by atoms with van der Waals surface area (Å²) < 4.78 is 121. The van der Waals surface area contributed by atoms with Crippen LogP contribution in [-0.4, -0.2) is 60.6 Å². The third-order valence-electron chi connectivity index (χ3n) is 4.39. The lowest BCUT2D eigenvalue weighted by Gasteiger charge is -2.33. The van der Waals surface area contributed by atoms with Crippen molar-refractivity contribution in [3.05, 3.63) is 21.8 Å². The number of nitrogens with zero attached hydrogens (tertiary/aromatic N) is 1. The second kappa shape index (κ2) is 12.1. The second-order valence-electron chi connectivity index (χ2n) is 6.69. The molecule has 0 atom stereocenters. The molecule has 0 fully saturated rings. The average Bonchev–Trinajstić information content (AvgIpc) is 2.68. The summed E-state index contributed by atoms with van der Waals surface area (Å²) >= 11 is 16.0. The number of rotatable bonds is 10. The molecule has 0 bridgehead atoms. The van der Waals surface area contributed by atoms with Crippen LogP contribution < -0.4 is 4.90 Å². The van der Waals surface area contributed by atoms with Crippen LogP contribution in [0.4, 0.5) is 45.2 Å². The minimum absolute atomic E-state index is 0.0690. The molecule has 0 N–H and O–H groups in total. The molecule has 0 aliphatic heterocycles. The summed E-state index contributed by atoms with van der Waals surface area (Å²) in [5.41, 5.74) is -0.462. The molecule has 0 heterocycles. The summed E-state index contributed by atoms with van der Waals surface area (Å²) in [6.07, 6.45) is -9.23. The number of halogens is 14. The summed E-state index contributed by atoms with van der Waals surface area (Å²) in [7, 11) is 1.09. The van der Waals surface area contributed by atoms with Crippen molar-refractivity contribution in [2.45, 2.75) is 30.4 Å². The lowest BCUT2D eigenvalue weighted by atomic mass is 10.0. The van der Waals surface area contributed by atoms with E-state index < -0.39 is 60.0 Å². The average molecular weight is 914 g/mol.